The molecule has 0 unspecified atom stereocenters. The predicted octanol–water partition coefficient (Wildman–Crippen LogP) is 4.21. The number of rotatable bonds is 5. The second-order valence-corrected chi connectivity index (χ2v) is 4.92. The zero-order valence-electron chi connectivity index (χ0n) is 12.5. The molecule has 0 bridgehead atoms. The molecule has 4 heteroatoms. The molecule has 0 aliphatic rings. The molecule has 0 spiro atoms. The highest BCUT2D eigenvalue weighted by Gasteiger charge is 2.11. The first-order valence-electron chi connectivity index (χ1n) is 6.95. The van der Waals surface area contributed by atoms with Crippen LogP contribution in [0.25, 0.3) is 0 Å². The minimum Gasteiger partial charge on any atom is -0.493 e. The highest BCUT2D eigenvalue weighted by atomic mass is 19.1. The van der Waals surface area contributed by atoms with Gasteiger partial charge in [0, 0.05) is 6.04 Å². The summed E-state index contributed by atoms with van der Waals surface area (Å²) in [6, 6.07) is 10.1. The van der Waals surface area contributed by atoms with Crippen LogP contribution < -0.4 is 15.2 Å². The van der Waals surface area contributed by atoms with Crippen LogP contribution in [0.15, 0.2) is 36.4 Å². The van der Waals surface area contributed by atoms with E-state index in [1.54, 1.807) is 25.3 Å². The van der Waals surface area contributed by atoms with Crippen molar-refractivity contribution >= 4 is 0 Å². The molecule has 0 aromatic heterocycles. The molecule has 112 valence electrons. The third kappa shape index (κ3) is 3.52. The molecule has 0 aliphatic heterocycles. The number of hydrogen-bond donors (Lipinski definition) is 1. The molecule has 3 nitrogen and oxygen atoms in total. The van der Waals surface area contributed by atoms with Gasteiger partial charge in [-0.2, -0.15) is 0 Å². The normalized spacial score (nSPS) is 12.0. The third-order valence-corrected chi connectivity index (χ3v) is 3.34. The van der Waals surface area contributed by atoms with Gasteiger partial charge in [0.05, 0.1) is 7.11 Å². The van der Waals surface area contributed by atoms with Gasteiger partial charge in [-0.1, -0.05) is 19.1 Å². The largest absolute Gasteiger partial charge is 0.493 e. The summed E-state index contributed by atoms with van der Waals surface area (Å²) < 4.78 is 25.0. The minimum atomic E-state index is -0.438. The highest BCUT2D eigenvalue weighted by molar-refractivity contribution is 5.46. The van der Waals surface area contributed by atoms with E-state index in [2.05, 4.69) is 6.92 Å². The first-order chi connectivity index (χ1) is 10.0. The maximum absolute atomic E-state index is 14.1. The summed E-state index contributed by atoms with van der Waals surface area (Å²) in [6.45, 7) is 3.86. The standard InChI is InChI=1S/C17H20FNO2/c1-4-12-5-7-16(17(9-12)20-3)21-15-8-6-13(11(2)19)10-14(15)18/h5-11H,4,19H2,1-3H3/t11-/m0/s1. The van der Waals surface area contributed by atoms with Gasteiger partial charge >= 0.3 is 0 Å². The Morgan fingerprint density at radius 3 is 2.38 bits per heavy atom. The van der Waals surface area contributed by atoms with Crippen LogP contribution in [-0.4, -0.2) is 7.11 Å². The SMILES string of the molecule is CCc1ccc(Oc2ccc([C@H](C)N)cc2F)c(OC)c1. The van der Waals surface area contributed by atoms with Gasteiger partial charge in [0.2, 0.25) is 0 Å². The van der Waals surface area contributed by atoms with E-state index in [0.29, 0.717) is 11.5 Å². The summed E-state index contributed by atoms with van der Waals surface area (Å²) >= 11 is 0. The number of benzene rings is 2. The molecule has 0 heterocycles. The van der Waals surface area contributed by atoms with Crippen LogP contribution >= 0.6 is 0 Å². The second kappa shape index (κ2) is 6.59. The predicted molar refractivity (Wildman–Crippen MR) is 81.4 cm³/mol. The molecule has 0 saturated heterocycles. The fourth-order valence-electron chi connectivity index (χ4n) is 2.02. The van der Waals surface area contributed by atoms with E-state index in [1.165, 1.54) is 6.07 Å². The Morgan fingerprint density at radius 2 is 1.81 bits per heavy atom. The van der Waals surface area contributed by atoms with Crippen molar-refractivity contribution < 1.29 is 13.9 Å². The Labute approximate surface area is 124 Å². The Bertz CT molecular complexity index is 626. The molecule has 0 amide bonds. The first-order valence-corrected chi connectivity index (χ1v) is 6.95. The van der Waals surface area contributed by atoms with E-state index in [1.807, 2.05) is 19.1 Å². The molecule has 2 rings (SSSR count). The molecule has 0 radical (unpaired) electrons. The average Bonchev–Trinajstić information content (AvgIpc) is 2.49. The first kappa shape index (κ1) is 15.3. The molecule has 0 aliphatic carbocycles. The topological polar surface area (TPSA) is 44.5 Å². The van der Waals surface area contributed by atoms with E-state index in [-0.39, 0.29) is 11.8 Å². The van der Waals surface area contributed by atoms with Crippen molar-refractivity contribution in [2.24, 2.45) is 5.73 Å². The van der Waals surface area contributed by atoms with Crippen molar-refractivity contribution in [3.63, 3.8) is 0 Å². The van der Waals surface area contributed by atoms with Gasteiger partial charge in [-0.25, -0.2) is 4.39 Å². The van der Waals surface area contributed by atoms with E-state index in [0.717, 1.165) is 17.5 Å². The summed E-state index contributed by atoms with van der Waals surface area (Å²) in [6.07, 6.45) is 0.897. The van der Waals surface area contributed by atoms with Crippen LogP contribution in [0.5, 0.6) is 17.2 Å². The molecule has 1 atom stereocenters. The van der Waals surface area contributed by atoms with Gasteiger partial charge in [0.25, 0.3) is 0 Å². The molecular formula is C17H20FNO2. The Morgan fingerprint density at radius 1 is 1.10 bits per heavy atom. The molecule has 2 N–H and O–H groups in total. The Balaban J connectivity index is 2.29. The molecule has 21 heavy (non-hydrogen) atoms. The summed E-state index contributed by atoms with van der Waals surface area (Å²) in [5, 5.41) is 0. The minimum absolute atomic E-state index is 0.155. The van der Waals surface area contributed by atoms with Crippen molar-refractivity contribution in [1.29, 1.82) is 0 Å². The monoisotopic (exact) mass is 289 g/mol. The van der Waals surface area contributed by atoms with Gasteiger partial charge in [-0.15, -0.1) is 0 Å². The third-order valence-electron chi connectivity index (χ3n) is 3.34. The van der Waals surface area contributed by atoms with Gasteiger partial charge in [0.1, 0.15) is 0 Å². The Hall–Kier alpha value is -2.07. The lowest BCUT2D eigenvalue weighted by Crippen LogP contribution is -2.05. The molecule has 0 fully saturated rings. The lowest BCUT2D eigenvalue weighted by atomic mass is 10.1. The molecule has 2 aromatic rings. The zero-order chi connectivity index (χ0) is 15.4. The maximum Gasteiger partial charge on any atom is 0.169 e. The average molecular weight is 289 g/mol. The number of methoxy groups -OCH3 is 1. The van der Waals surface area contributed by atoms with Crippen LogP contribution in [0.1, 0.15) is 31.0 Å². The fraction of sp³-hybridized carbons (Fsp3) is 0.294. The van der Waals surface area contributed by atoms with Crippen LogP contribution in [0.4, 0.5) is 4.39 Å². The lowest BCUT2D eigenvalue weighted by molar-refractivity contribution is 0.370. The fourth-order valence-corrected chi connectivity index (χ4v) is 2.02. The van der Waals surface area contributed by atoms with Crippen molar-refractivity contribution in [2.45, 2.75) is 26.3 Å². The molecule has 2 aromatic carbocycles. The maximum atomic E-state index is 14.1. The summed E-state index contributed by atoms with van der Waals surface area (Å²) in [5.74, 6) is 0.792. The summed E-state index contributed by atoms with van der Waals surface area (Å²) in [5.41, 5.74) is 7.60. The van der Waals surface area contributed by atoms with E-state index in [9.17, 15) is 4.39 Å². The van der Waals surface area contributed by atoms with Crippen molar-refractivity contribution in [1.82, 2.24) is 0 Å². The van der Waals surface area contributed by atoms with Crippen LogP contribution in [0.3, 0.4) is 0 Å². The zero-order valence-corrected chi connectivity index (χ0v) is 12.5. The van der Waals surface area contributed by atoms with Gasteiger partial charge < -0.3 is 15.2 Å². The number of halogens is 1. The molecular weight excluding hydrogens is 269 g/mol. The number of nitrogens with two attached hydrogens (primary N) is 1. The van der Waals surface area contributed by atoms with Gasteiger partial charge in [0.15, 0.2) is 23.1 Å². The number of ether oxygens (including phenoxy) is 2. The van der Waals surface area contributed by atoms with E-state index >= 15 is 0 Å². The molecule has 0 saturated carbocycles. The Kier molecular flexibility index (Phi) is 4.81. The van der Waals surface area contributed by atoms with Crippen molar-refractivity contribution in [2.75, 3.05) is 7.11 Å². The number of aryl methyl sites for hydroxylation is 1. The van der Waals surface area contributed by atoms with Crippen LogP contribution in [0, 0.1) is 5.82 Å². The quantitative estimate of drug-likeness (QED) is 0.896. The smallest absolute Gasteiger partial charge is 0.169 e. The van der Waals surface area contributed by atoms with Crippen molar-refractivity contribution in [3.05, 3.63) is 53.3 Å². The highest BCUT2D eigenvalue weighted by Crippen LogP contribution is 2.34. The van der Waals surface area contributed by atoms with Crippen LogP contribution in [-0.2, 0) is 6.42 Å². The van der Waals surface area contributed by atoms with Gasteiger partial charge in [-0.05, 0) is 48.7 Å². The van der Waals surface area contributed by atoms with Crippen molar-refractivity contribution in [3.8, 4) is 17.2 Å². The summed E-state index contributed by atoms with van der Waals surface area (Å²) in [4.78, 5) is 0. The summed E-state index contributed by atoms with van der Waals surface area (Å²) in [7, 11) is 1.57. The van der Waals surface area contributed by atoms with Gasteiger partial charge in [-0.3, -0.25) is 0 Å². The second-order valence-electron chi connectivity index (χ2n) is 4.92. The number of hydrogen-bond acceptors (Lipinski definition) is 3. The van der Waals surface area contributed by atoms with E-state index in [4.69, 9.17) is 15.2 Å². The van der Waals surface area contributed by atoms with E-state index < -0.39 is 5.82 Å². The van der Waals surface area contributed by atoms with Crippen LogP contribution in [0.2, 0.25) is 0 Å². The lowest BCUT2D eigenvalue weighted by Gasteiger charge is -2.13.